The summed E-state index contributed by atoms with van der Waals surface area (Å²) >= 11 is 0. The van der Waals surface area contributed by atoms with Gasteiger partial charge in [0.05, 0.1) is 0 Å². The molecule has 0 aliphatic rings. The highest BCUT2D eigenvalue weighted by Gasteiger charge is 2.20. The summed E-state index contributed by atoms with van der Waals surface area (Å²) in [5, 5.41) is 3.39. The SMILES string of the molecule is Cc1c(N)nc(C(C)(C)C)nc1NCCCC(C)C. The Morgan fingerprint density at radius 3 is 2.37 bits per heavy atom. The van der Waals surface area contributed by atoms with Crippen molar-refractivity contribution in [1.82, 2.24) is 9.97 Å². The average Bonchev–Trinajstić information content (AvgIpc) is 2.27. The highest BCUT2D eigenvalue weighted by Crippen LogP contribution is 2.24. The van der Waals surface area contributed by atoms with Crippen LogP contribution >= 0.6 is 0 Å². The van der Waals surface area contributed by atoms with Crippen molar-refractivity contribution < 1.29 is 0 Å². The topological polar surface area (TPSA) is 63.8 Å². The predicted molar refractivity (Wildman–Crippen MR) is 82.4 cm³/mol. The van der Waals surface area contributed by atoms with E-state index in [1.54, 1.807) is 0 Å². The molecule has 1 aromatic rings. The highest BCUT2D eigenvalue weighted by molar-refractivity contribution is 5.55. The fourth-order valence-electron chi connectivity index (χ4n) is 1.76. The lowest BCUT2D eigenvalue weighted by molar-refractivity contribution is 0.545. The summed E-state index contributed by atoms with van der Waals surface area (Å²) in [5.41, 5.74) is 6.83. The molecule has 0 radical (unpaired) electrons. The Balaban J connectivity index is 2.79. The summed E-state index contributed by atoms with van der Waals surface area (Å²) in [4.78, 5) is 9.01. The van der Waals surface area contributed by atoms with Gasteiger partial charge in [0.15, 0.2) is 0 Å². The molecule has 19 heavy (non-hydrogen) atoms. The molecule has 0 aliphatic carbocycles. The molecule has 0 atom stereocenters. The molecule has 0 amide bonds. The Morgan fingerprint density at radius 1 is 1.21 bits per heavy atom. The lowest BCUT2D eigenvalue weighted by Gasteiger charge is -2.20. The van der Waals surface area contributed by atoms with E-state index in [1.165, 1.54) is 6.42 Å². The monoisotopic (exact) mass is 264 g/mol. The van der Waals surface area contributed by atoms with Crippen LogP contribution in [0.3, 0.4) is 0 Å². The van der Waals surface area contributed by atoms with E-state index in [2.05, 4.69) is 49.9 Å². The van der Waals surface area contributed by atoms with Crippen molar-refractivity contribution in [1.29, 1.82) is 0 Å². The van der Waals surface area contributed by atoms with Crippen LogP contribution in [0, 0.1) is 12.8 Å². The highest BCUT2D eigenvalue weighted by atomic mass is 15.1. The minimum atomic E-state index is -0.0871. The van der Waals surface area contributed by atoms with Crippen molar-refractivity contribution in [2.24, 2.45) is 5.92 Å². The largest absolute Gasteiger partial charge is 0.383 e. The van der Waals surface area contributed by atoms with Crippen LogP contribution in [0.1, 0.15) is 58.8 Å². The average molecular weight is 264 g/mol. The number of anilines is 2. The van der Waals surface area contributed by atoms with Crippen LogP contribution in [0.2, 0.25) is 0 Å². The van der Waals surface area contributed by atoms with E-state index in [0.717, 1.165) is 36.1 Å². The van der Waals surface area contributed by atoms with Gasteiger partial charge in [0, 0.05) is 17.5 Å². The van der Waals surface area contributed by atoms with Gasteiger partial charge in [-0.2, -0.15) is 0 Å². The van der Waals surface area contributed by atoms with Gasteiger partial charge in [-0.1, -0.05) is 34.6 Å². The molecule has 0 fully saturated rings. The first kappa shape index (κ1) is 15.7. The number of rotatable bonds is 5. The Labute approximate surface area is 117 Å². The minimum absolute atomic E-state index is 0.0871. The first-order valence-corrected chi connectivity index (χ1v) is 7.10. The quantitative estimate of drug-likeness (QED) is 0.799. The first-order chi connectivity index (χ1) is 8.71. The van der Waals surface area contributed by atoms with Crippen LogP contribution in [-0.4, -0.2) is 16.5 Å². The second-order valence-corrected chi connectivity index (χ2v) is 6.62. The molecule has 0 bridgehead atoms. The van der Waals surface area contributed by atoms with E-state index < -0.39 is 0 Å². The van der Waals surface area contributed by atoms with Crippen LogP contribution < -0.4 is 11.1 Å². The lowest BCUT2D eigenvalue weighted by Crippen LogP contribution is -2.19. The van der Waals surface area contributed by atoms with Crippen molar-refractivity contribution >= 4 is 11.6 Å². The molecule has 108 valence electrons. The zero-order valence-corrected chi connectivity index (χ0v) is 13.2. The smallest absolute Gasteiger partial charge is 0.138 e. The van der Waals surface area contributed by atoms with Gasteiger partial charge >= 0.3 is 0 Å². The number of hydrogen-bond donors (Lipinski definition) is 2. The number of aromatic nitrogens is 2. The van der Waals surface area contributed by atoms with Gasteiger partial charge in [-0.15, -0.1) is 0 Å². The number of hydrogen-bond acceptors (Lipinski definition) is 4. The van der Waals surface area contributed by atoms with Crippen LogP contribution in [-0.2, 0) is 5.41 Å². The molecule has 0 saturated heterocycles. The third-order valence-electron chi connectivity index (χ3n) is 3.10. The summed E-state index contributed by atoms with van der Waals surface area (Å²) in [5.74, 6) is 2.98. The van der Waals surface area contributed by atoms with Gasteiger partial charge in [-0.3, -0.25) is 0 Å². The maximum Gasteiger partial charge on any atom is 0.138 e. The molecule has 1 rings (SSSR count). The van der Waals surface area contributed by atoms with E-state index in [1.807, 2.05) is 6.92 Å². The van der Waals surface area contributed by atoms with E-state index in [0.29, 0.717) is 5.82 Å². The molecule has 3 N–H and O–H groups in total. The fourth-order valence-corrected chi connectivity index (χ4v) is 1.76. The van der Waals surface area contributed by atoms with Crippen molar-refractivity contribution in [3.05, 3.63) is 11.4 Å². The Hall–Kier alpha value is -1.32. The van der Waals surface area contributed by atoms with Crippen LogP contribution in [0.4, 0.5) is 11.6 Å². The molecule has 0 aromatic carbocycles. The van der Waals surface area contributed by atoms with Gasteiger partial charge in [0.1, 0.15) is 17.5 Å². The molecule has 0 aliphatic heterocycles. The van der Waals surface area contributed by atoms with E-state index in [-0.39, 0.29) is 5.41 Å². The molecule has 1 aromatic heterocycles. The number of nitrogen functional groups attached to an aromatic ring is 1. The van der Waals surface area contributed by atoms with Crippen molar-refractivity contribution in [3.63, 3.8) is 0 Å². The van der Waals surface area contributed by atoms with Crippen LogP contribution in [0.25, 0.3) is 0 Å². The molecule has 0 spiro atoms. The molecule has 0 saturated carbocycles. The first-order valence-electron chi connectivity index (χ1n) is 7.10. The third-order valence-corrected chi connectivity index (χ3v) is 3.10. The predicted octanol–water partition coefficient (Wildman–Crippen LogP) is 3.51. The molecular weight excluding hydrogens is 236 g/mol. The minimum Gasteiger partial charge on any atom is -0.383 e. The van der Waals surface area contributed by atoms with Gasteiger partial charge in [-0.05, 0) is 25.7 Å². The lowest BCUT2D eigenvalue weighted by atomic mass is 9.95. The second kappa shape index (κ2) is 6.22. The molecule has 1 heterocycles. The van der Waals surface area contributed by atoms with Crippen LogP contribution in [0.15, 0.2) is 0 Å². The maximum atomic E-state index is 5.98. The summed E-state index contributed by atoms with van der Waals surface area (Å²) in [6, 6.07) is 0. The zero-order valence-electron chi connectivity index (χ0n) is 13.2. The summed E-state index contributed by atoms with van der Waals surface area (Å²) < 4.78 is 0. The van der Waals surface area contributed by atoms with Crippen molar-refractivity contribution in [2.75, 3.05) is 17.6 Å². The molecule has 4 heteroatoms. The normalized spacial score (nSPS) is 11.9. The maximum absolute atomic E-state index is 5.98. The standard InChI is InChI=1S/C15H28N4/c1-10(2)8-7-9-17-13-11(3)12(16)18-14(19-13)15(4,5)6/h10H,7-9H2,1-6H3,(H3,16,17,18,19). The number of nitrogens with zero attached hydrogens (tertiary/aromatic N) is 2. The number of nitrogens with two attached hydrogens (primary N) is 1. The van der Waals surface area contributed by atoms with Crippen molar-refractivity contribution in [2.45, 2.75) is 59.8 Å². The van der Waals surface area contributed by atoms with Crippen molar-refractivity contribution in [3.8, 4) is 0 Å². The molecule has 4 nitrogen and oxygen atoms in total. The Morgan fingerprint density at radius 2 is 1.84 bits per heavy atom. The van der Waals surface area contributed by atoms with E-state index >= 15 is 0 Å². The summed E-state index contributed by atoms with van der Waals surface area (Å²) in [6.45, 7) is 13.7. The van der Waals surface area contributed by atoms with Gasteiger partial charge in [0.25, 0.3) is 0 Å². The molecule has 0 unspecified atom stereocenters. The summed E-state index contributed by atoms with van der Waals surface area (Å²) in [7, 11) is 0. The van der Waals surface area contributed by atoms with Gasteiger partial charge in [0.2, 0.25) is 0 Å². The second-order valence-electron chi connectivity index (χ2n) is 6.62. The van der Waals surface area contributed by atoms with Crippen LogP contribution in [0.5, 0.6) is 0 Å². The van der Waals surface area contributed by atoms with Gasteiger partial charge in [-0.25, -0.2) is 9.97 Å². The Kier molecular flexibility index (Phi) is 5.15. The van der Waals surface area contributed by atoms with E-state index in [9.17, 15) is 0 Å². The fraction of sp³-hybridized carbons (Fsp3) is 0.733. The van der Waals surface area contributed by atoms with Gasteiger partial charge < -0.3 is 11.1 Å². The van der Waals surface area contributed by atoms with E-state index in [4.69, 9.17) is 5.73 Å². The molecular formula is C15H28N4. The number of nitrogens with one attached hydrogen (secondary N) is 1. The summed E-state index contributed by atoms with van der Waals surface area (Å²) in [6.07, 6.45) is 2.37. The third kappa shape index (κ3) is 4.69. The zero-order chi connectivity index (χ0) is 14.6. The Bertz CT molecular complexity index is 419.